The molecule has 276 valence electrons. The number of Topliss-reactive ketones (excluding diaryl/α,β-unsaturated/α-hetero) is 2. The van der Waals surface area contributed by atoms with Gasteiger partial charge in [0.1, 0.15) is 29.3 Å². The number of amides is 6. The van der Waals surface area contributed by atoms with E-state index < -0.39 is 88.2 Å². The van der Waals surface area contributed by atoms with Gasteiger partial charge in [0, 0.05) is 23.8 Å². The van der Waals surface area contributed by atoms with Crippen LogP contribution in [-0.2, 0) is 33.4 Å². The molecule has 1 unspecified atom stereocenters. The molecular formula is C36H47N5O10. The molecule has 0 spiro atoms. The van der Waals surface area contributed by atoms with Crippen molar-refractivity contribution in [1.29, 1.82) is 0 Å². The molecule has 1 heterocycles. The second-order valence-corrected chi connectivity index (χ2v) is 15.4. The van der Waals surface area contributed by atoms with Crippen molar-refractivity contribution in [1.82, 2.24) is 20.9 Å². The molecule has 3 fully saturated rings. The molecule has 5 atom stereocenters. The number of carbonyl (C=O) groups excluding carboxylic acids is 8. The van der Waals surface area contributed by atoms with E-state index in [1.807, 2.05) is 0 Å². The lowest BCUT2D eigenvalue weighted by atomic mass is 9.85. The molecule has 2 aliphatic carbocycles. The van der Waals surface area contributed by atoms with E-state index in [0.29, 0.717) is 12.8 Å². The van der Waals surface area contributed by atoms with Crippen LogP contribution in [0.15, 0.2) is 36.9 Å². The Hall–Kier alpha value is -5.08. The third-order valence-electron chi connectivity index (χ3n) is 8.89. The SMILES string of the molecule is C=CC1C[C@]1(NC(=O)[C@@H]1C[C@@H](OC(=O)Nc2ccccc2C(C)=O)CN1C(=O)[C@@H](NC(=O)OC(C)(C)C)C(C)(C)C)C(=O)NC(=O)C(=O)C1CC1. The number of nitrogens with one attached hydrogen (secondary N) is 4. The maximum atomic E-state index is 14.3. The van der Waals surface area contributed by atoms with E-state index in [1.54, 1.807) is 53.7 Å². The summed E-state index contributed by atoms with van der Waals surface area (Å²) < 4.78 is 11.0. The average Bonchev–Trinajstić information content (AvgIpc) is 3.94. The largest absolute Gasteiger partial charge is 0.444 e. The number of hydrogen-bond acceptors (Lipinski definition) is 10. The summed E-state index contributed by atoms with van der Waals surface area (Å²) in [6.07, 6.45) is -0.378. The smallest absolute Gasteiger partial charge is 0.411 e. The minimum Gasteiger partial charge on any atom is -0.444 e. The van der Waals surface area contributed by atoms with Gasteiger partial charge in [-0.05, 0) is 64.5 Å². The standard InChI is InChI=1S/C36H47N5O10/c1-9-21-17-36(21,31(47)39-29(45)26(43)20-14-15-20)40-28(44)25-16-22(50-32(48)37-24-13-11-10-12-23(24)19(2)42)18-41(25)30(46)27(34(3,4)5)38-33(49)51-35(6,7)8/h9-13,20-22,25,27H,1,14-18H2,2-8H3,(H,37,48)(H,38,49)(H,40,44)(H,39,45,47)/t21?,22-,25+,27-,36-/m1/s1. The summed E-state index contributed by atoms with van der Waals surface area (Å²) in [4.78, 5) is 106. The van der Waals surface area contributed by atoms with Gasteiger partial charge >= 0.3 is 12.2 Å². The van der Waals surface area contributed by atoms with E-state index in [0.717, 1.165) is 0 Å². The first-order valence-electron chi connectivity index (χ1n) is 16.9. The van der Waals surface area contributed by atoms with Crippen LogP contribution in [-0.4, -0.2) is 88.2 Å². The first-order valence-corrected chi connectivity index (χ1v) is 16.9. The fraction of sp³-hybridized carbons (Fsp3) is 0.556. The zero-order valence-corrected chi connectivity index (χ0v) is 30.0. The number of likely N-dealkylation sites (tertiary alicyclic amines) is 1. The first kappa shape index (κ1) is 38.7. The van der Waals surface area contributed by atoms with Gasteiger partial charge in [0.25, 0.3) is 11.8 Å². The molecule has 3 aliphatic rings. The van der Waals surface area contributed by atoms with Gasteiger partial charge in [-0.15, -0.1) is 6.58 Å². The van der Waals surface area contributed by atoms with Crippen LogP contribution < -0.4 is 21.3 Å². The van der Waals surface area contributed by atoms with Gasteiger partial charge in [0.2, 0.25) is 17.6 Å². The van der Waals surface area contributed by atoms with Crippen molar-refractivity contribution in [3.63, 3.8) is 0 Å². The molecule has 1 aliphatic heterocycles. The highest BCUT2D eigenvalue weighted by Gasteiger charge is 2.61. The molecule has 4 rings (SSSR count). The van der Waals surface area contributed by atoms with Crippen LogP contribution in [0.25, 0.3) is 0 Å². The van der Waals surface area contributed by atoms with Crippen LogP contribution in [0.2, 0.25) is 0 Å². The van der Waals surface area contributed by atoms with Crippen molar-refractivity contribution >= 4 is 53.1 Å². The topological polar surface area (TPSA) is 206 Å². The molecule has 1 saturated heterocycles. The number of para-hydroxylation sites is 1. The number of ether oxygens (including phenoxy) is 2. The second-order valence-electron chi connectivity index (χ2n) is 15.4. The van der Waals surface area contributed by atoms with Crippen molar-refractivity contribution in [2.45, 2.75) is 103 Å². The van der Waals surface area contributed by atoms with Crippen molar-refractivity contribution in [2.24, 2.45) is 17.3 Å². The monoisotopic (exact) mass is 709 g/mol. The Morgan fingerprint density at radius 1 is 0.980 bits per heavy atom. The molecule has 51 heavy (non-hydrogen) atoms. The van der Waals surface area contributed by atoms with Gasteiger partial charge in [0.05, 0.1) is 12.2 Å². The molecule has 0 aromatic heterocycles. The number of alkyl carbamates (subject to hydrolysis) is 1. The molecule has 0 radical (unpaired) electrons. The van der Waals surface area contributed by atoms with Crippen LogP contribution in [0.4, 0.5) is 15.3 Å². The maximum Gasteiger partial charge on any atom is 0.411 e. The molecule has 15 heteroatoms. The van der Waals surface area contributed by atoms with Gasteiger partial charge < -0.3 is 25.0 Å². The van der Waals surface area contributed by atoms with E-state index in [4.69, 9.17) is 9.47 Å². The molecule has 1 aromatic rings. The highest BCUT2D eigenvalue weighted by Crippen LogP contribution is 2.45. The van der Waals surface area contributed by atoms with Gasteiger partial charge in [0.15, 0.2) is 5.78 Å². The number of rotatable bonds is 11. The number of nitrogens with zero attached hydrogens (tertiary/aromatic N) is 1. The normalized spacial score (nSPS) is 23.2. The Morgan fingerprint density at radius 3 is 2.18 bits per heavy atom. The molecule has 2 saturated carbocycles. The Bertz CT molecular complexity index is 1640. The minimum atomic E-state index is -1.61. The fourth-order valence-corrected chi connectivity index (χ4v) is 5.95. The van der Waals surface area contributed by atoms with Gasteiger partial charge in [-0.3, -0.25) is 39.4 Å². The summed E-state index contributed by atoms with van der Waals surface area (Å²) in [5.41, 5.74) is -2.92. The van der Waals surface area contributed by atoms with Crippen molar-refractivity contribution in [3.8, 4) is 0 Å². The number of hydrogen-bond donors (Lipinski definition) is 4. The van der Waals surface area contributed by atoms with Crippen molar-refractivity contribution < 1.29 is 47.8 Å². The second kappa shape index (κ2) is 14.6. The summed E-state index contributed by atoms with van der Waals surface area (Å²) >= 11 is 0. The number of carbonyl (C=O) groups is 8. The lowest BCUT2D eigenvalue weighted by Crippen LogP contribution is -2.60. The third-order valence-corrected chi connectivity index (χ3v) is 8.89. The Balaban J connectivity index is 1.59. The Labute approximate surface area is 296 Å². The van der Waals surface area contributed by atoms with Gasteiger partial charge in [-0.2, -0.15) is 0 Å². The van der Waals surface area contributed by atoms with Gasteiger partial charge in [-0.25, -0.2) is 9.59 Å². The highest BCUT2D eigenvalue weighted by molar-refractivity contribution is 6.40. The van der Waals surface area contributed by atoms with E-state index in [9.17, 15) is 38.4 Å². The summed E-state index contributed by atoms with van der Waals surface area (Å²) in [6.45, 7) is 14.9. The third kappa shape index (κ3) is 9.38. The van der Waals surface area contributed by atoms with Crippen LogP contribution in [0.3, 0.4) is 0 Å². The molecule has 15 nitrogen and oxygen atoms in total. The van der Waals surface area contributed by atoms with Crippen LogP contribution in [0, 0.1) is 17.3 Å². The van der Waals surface area contributed by atoms with Crippen LogP contribution in [0.5, 0.6) is 0 Å². The highest BCUT2D eigenvalue weighted by atomic mass is 16.6. The van der Waals surface area contributed by atoms with E-state index in [1.165, 1.54) is 30.0 Å². The Kier molecular flexibility index (Phi) is 11.1. The lowest BCUT2D eigenvalue weighted by molar-refractivity contribution is -0.144. The van der Waals surface area contributed by atoms with Gasteiger partial charge in [-0.1, -0.05) is 39.0 Å². The summed E-state index contributed by atoms with van der Waals surface area (Å²) in [6, 6.07) is 3.81. The first-order chi connectivity index (χ1) is 23.7. The number of imide groups is 1. The fourth-order valence-electron chi connectivity index (χ4n) is 5.95. The quantitative estimate of drug-likeness (QED) is 0.150. The zero-order chi connectivity index (χ0) is 38.1. The van der Waals surface area contributed by atoms with Crippen LogP contribution >= 0.6 is 0 Å². The number of ketones is 2. The van der Waals surface area contributed by atoms with Crippen molar-refractivity contribution in [2.75, 3.05) is 11.9 Å². The number of anilines is 1. The van der Waals surface area contributed by atoms with E-state index >= 15 is 0 Å². The molecular weight excluding hydrogens is 662 g/mol. The number of benzene rings is 1. The van der Waals surface area contributed by atoms with Crippen molar-refractivity contribution in [3.05, 3.63) is 42.5 Å². The van der Waals surface area contributed by atoms with E-state index in [2.05, 4.69) is 27.8 Å². The predicted octanol–water partition coefficient (Wildman–Crippen LogP) is 3.03. The lowest BCUT2D eigenvalue weighted by Gasteiger charge is -2.36. The predicted molar refractivity (Wildman–Crippen MR) is 183 cm³/mol. The van der Waals surface area contributed by atoms with E-state index in [-0.39, 0.29) is 36.4 Å². The molecule has 0 bridgehead atoms. The molecule has 1 aromatic carbocycles. The Morgan fingerprint density at radius 2 is 1.63 bits per heavy atom. The van der Waals surface area contributed by atoms with Crippen LogP contribution in [0.1, 0.15) is 84.5 Å². The maximum absolute atomic E-state index is 14.3. The summed E-state index contributed by atoms with van der Waals surface area (Å²) in [5.74, 6) is -5.41. The summed E-state index contributed by atoms with van der Waals surface area (Å²) in [5, 5.41) is 9.94. The zero-order valence-electron chi connectivity index (χ0n) is 30.0. The minimum absolute atomic E-state index is 0.0857. The molecule has 4 N–H and O–H groups in total. The summed E-state index contributed by atoms with van der Waals surface area (Å²) in [7, 11) is 0. The molecule has 6 amide bonds. The average molecular weight is 710 g/mol.